The number of hydrogen-bond donors (Lipinski definition) is 1. The van der Waals surface area contributed by atoms with Gasteiger partial charge in [-0.1, -0.05) is 56.5 Å². The molecule has 25 heavy (non-hydrogen) atoms. The first-order valence-electron chi connectivity index (χ1n) is 9.61. The normalized spacial score (nSPS) is 29.7. The van der Waals surface area contributed by atoms with E-state index in [1.807, 2.05) is 19.1 Å². The number of amides is 2. The lowest BCUT2D eigenvalue weighted by molar-refractivity contribution is -0.136. The first kappa shape index (κ1) is 18.0. The summed E-state index contributed by atoms with van der Waals surface area (Å²) in [6, 6.07) is 8.11. The Balaban J connectivity index is 1.66. The molecule has 1 N–H and O–H groups in total. The molecule has 4 atom stereocenters. The van der Waals surface area contributed by atoms with Crippen molar-refractivity contribution in [2.45, 2.75) is 71.5 Å². The summed E-state index contributed by atoms with van der Waals surface area (Å²) < 4.78 is 0. The van der Waals surface area contributed by atoms with Crippen LogP contribution in [0.15, 0.2) is 24.3 Å². The standard InChI is InChI=1S/C21H30N2O2/c1-14-7-9-17(10-8-14)13-23-19(11-12-20(23)24)21(25)22-18-6-4-5-15(2)16(18)3/h7-10,15-16,18-19H,4-6,11-13H2,1-3H3,(H,22,25). The molecule has 4 nitrogen and oxygen atoms in total. The quantitative estimate of drug-likeness (QED) is 0.911. The van der Waals surface area contributed by atoms with Gasteiger partial charge in [-0.2, -0.15) is 0 Å². The molecule has 0 aromatic heterocycles. The number of aryl methyl sites for hydroxylation is 1. The minimum atomic E-state index is -0.321. The molecule has 136 valence electrons. The topological polar surface area (TPSA) is 49.4 Å². The van der Waals surface area contributed by atoms with Crippen LogP contribution in [-0.2, 0) is 16.1 Å². The first-order valence-corrected chi connectivity index (χ1v) is 9.61. The maximum Gasteiger partial charge on any atom is 0.243 e. The van der Waals surface area contributed by atoms with Crippen LogP contribution in [0.1, 0.15) is 57.1 Å². The Labute approximate surface area is 151 Å². The highest BCUT2D eigenvalue weighted by atomic mass is 16.2. The van der Waals surface area contributed by atoms with E-state index in [-0.39, 0.29) is 23.9 Å². The lowest BCUT2D eigenvalue weighted by Crippen LogP contribution is -2.51. The molecule has 2 aliphatic rings. The van der Waals surface area contributed by atoms with Crippen molar-refractivity contribution in [1.29, 1.82) is 0 Å². The van der Waals surface area contributed by atoms with Gasteiger partial charge in [-0.15, -0.1) is 0 Å². The van der Waals surface area contributed by atoms with Crippen LogP contribution >= 0.6 is 0 Å². The number of likely N-dealkylation sites (tertiary alicyclic amines) is 1. The average molecular weight is 342 g/mol. The third-order valence-corrected chi connectivity index (χ3v) is 6.14. The lowest BCUT2D eigenvalue weighted by atomic mass is 9.78. The zero-order valence-electron chi connectivity index (χ0n) is 15.6. The molecule has 0 radical (unpaired) electrons. The molecule has 4 unspecified atom stereocenters. The molecule has 0 spiro atoms. The number of rotatable bonds is 4. The van der Waals surface area contributed by atoms with Gasteiger partial charge in [0.05, 0.1) is 0 Å². The lowest BCUT2D eigenvalue weighted by Gasteiger charge is -2.36. The Morgan fingerprint density at radius 3 is 2.60 bits per heavy atom. The van der Waals surface area contributed by atoms with Crippen LogP contribution in [0.4, 0.5) is 0 Å². The molecule has 2 fully saturated rings. The van der Waals surface area contributed by atoms with Crippen molar-refractivity contribution in [1.82, 2.24) is 10.2 Å². The van der Waals surface area contributed by atoms with Crippen LogP contribution in [0.25, 0.3) is 0 Å². The van der Waals surface area contributed by atoms with Gasteiger partial charge < -0.3 is 10.2 Å². The van der Waals surface area contributed by atoms with Crippen molar-refractivity contribution in [3.63, 3.8) is 0 Å². The first-order chi connectivity index (χ1) is 12.0. The van der Waals surface area contributed by atoms with E-state index in [1.54, 1.807) is 4.90 Å². The summed E-state index contributed by atoms with van der Waals surface area (Å²) in [5.74, 6) is 1.27. The molecule has 1 aliphatic heterocycles. The van der Waals surface area contributed by atoms with Gasteiger partial charge in [-0.05, 0) is 37.2 Å². The Kier molecular flexibility index (Phi) is 5.45. The second-order valence-corrected chi connectivity index (χ2v) is 7.94. The molecule has 1 aliphatic carbocycles. The van der Waals surface area contributed by atoms with Crippen LogP contribution < -0.4 is 5.32 Å². The van der Waals surface area contributed by atoms with Crippen LogP contribution in [0.5, 0.6) is 0 Å². The van der Waals surface area contributed by atoms with Gasteiger partial charge in [0, 0.05) is 19.0 Å². The van der Waals surface area contributed by atoms with Crippen molar-refractivity contribution in [2.75, 3.05) is 0 Å². The second kappa shape index (κ2) is 7.59. The number of carbonyl (C=O) groups is 2. The molecule has 1 heterocycles. The van der Waals surface area contributed by atoms with Crippen molar-refractivity contribution in [3.8, 4) is 0 Å². The monoisotopic (exact) mass is 342 g/mol. The van der Waals surface area contributed by atoms with Crippen LogP contribution in [0.2, 0.25) is 0 Å². The van der Waals surface area contributed by atoms with Gasteiger partial charge in [0.15, 0.2) is 0 Å². The smallest absolute Gasteiger partial charge is 0.243 e. The van der Waals surface area contributed by atoms with Crippen LogP contribution in [0.3, 0.4) is 0 Å². The van der Waals surface area contributed by atoms with E-state index in [0.717, 1.165) is 12.0 Å². The molecule has 1 aromatic carbocycles. The molecule has 4 heteroatoms. The van der Waals surface area contributed by atoms with Crippen LogP contribution in [-0.4, -0.2) is 28.8 Å². The Bertz CT molecular complexity index is 625. The molecule has 3 rings (SSSR count). The fraction of sp³-hybridized carbons (Fsp3) is 0.619. The van der Waals surface area contributed by atoms with E-state index in [1.165, 1.54) is 18.4 Å². The van der Waals surface area contributed by atoms with Gasteiger partial charge in [-0.25, -0.2) is 0 Å². The summed E-state index contributed by atoms with van der Waals surface area (Å²) in [6.45, 7) is 7.08. The summed E-state index contributed by atoms with van der Waals surface area (Å²) in [7, 11) is 0. The number of nitrogens with zero attached hydrogens (tertiary/aromatic N) is 1. The molecule has 1 saturated heterocycles. The third kappa shape index (κ3) is 4.05. The average Bonchev–Trinajstić information content (AvgIpc) is 2.95. The summed E-state index contributed by atoms with van der Waals surface area (Å²) in [5.41, 5.74) is 2.28. The number of carbonyl (C=O) groups excluding carboxylic acids is 2. The highest BCUT2D eigenvalue weighted by molar-refractivity contribution is 5.91. The molecule has 1 aromatic rings. The molecular formula is C21H30N2O2. The van der Waals surface area contributed by atoms with E-state index in [0.29, 0.717) is 31.2 Å². The van der Waals surface area contributed by atoms with Crippen molar-refractivity contribution < 1.29 is 9.59 Å². The van der Waals surface area contributed by atoms with Crippen molar-refractivity contribution >= 4 is 11.8 Å². The van der Waals surface area contributed by atoms with Gasteiger partial charge in [-0.3, -0.25) is 9.59 Å². The largest absolute Gasteiger partial charge is 0.351 e. The summed E-state index contributed by atoms with van der Waals surface area (Å²) in [4.78, 5) is 26.9. The van der Waals surface area contributed by atoms with E-state index in [4.69, 9.17) is 0 Å². The number of benzene rings is 1. The van der Waals surface area contributed by atoms with Gasteiger partial charge >= 0.3 is 0 Å². The van der Waals surface area contributed by atoms with Crippen molar-refractivity contribution in [3.05, 3.63) is 35.4 Å². The Hall–Kier alpha value is -1.84. The molecule has 1 saturated carbocycles. The summed E-state index contributed by atoms with van der Waals surface area (Å²) in [5, 5.41) is 3.25. The molecule has 0 bridgehead atoms. The fourth-order valence-corrected chi connectivity index (χ4v) is 4.16. The predicted molar refractivity (Wildman–Crippen MR) is 98.9 cm³/mol. The predicted octanol–water partition coefficient (Wildman–Crippen LogP) is 3.43. The minimum Gasteiger partial charge on any atom is -0.351 e. The third-order valence-electron chi connectivity index (χ3n) is 6.14. The fourth-order valence-electron chi connectivity index (χ4n) is 4.16. The van der Waals surface area contributed by atoms with E-state index in [2.05, 4.69) is 31.3 Å². The van der Waals surface area contributed by atoms with E-state index in [9.17, 15) is 9.59 Å². The number of nitrogens with one attached hydrogen (secondary N) is 1. The van der Waals surface area contributed by atoms with Crippen molar-refractivity contribution in [2.24, 2.45) is 11.8 Å². The molecule has 2 amide bonds. The highest BCUT2D eigenvalue weighted by Gasteiger charge is 2.38. The summed E-state index contributed by atoms with van der Waals surface area (Å²) >= 11 is 0. The van der Waals surface area contributed by atoms with E-state index < -0.39 is 0 Å². The Morgan fingerprint density at radius 1 is 1.16 bits per heavy atom. The van der Waals surface area contributed by atoms with Crippen LogP contribution in [0, 0.1) is 18.8 Å². The van der Waals surface area contributed by atoms with Gasteiger partial charge in [0.2, 0.25) is 11.8 Å². The zero-order valence-corrected chi connectivity index (χ0v) is 15.6. The number of hydrogen-bond acceptors (Lipinski definition) is 2. The minimum absolute atomic E-state index is 0.0314. The second-order valence-electron chi connectivity index (χ2n) is 7.94. The SMILES string of the molecule is Cc1ccc(CN2C(=O)CCC2C(=O)NC2CCCC(C)C2C)cc1. The Morgan fingerprint density at radius 2 is 1.88 bits per heavy atom. The van der Waals surface area contributed by atoms with E-state index >= 15 is 0 Å². The molecular weight excluding hydrogens is 312 g/mol. The maximum atomic E-state index is 12.9. The highest BCUT2D eigenvalue weighted by Crippen LogP contribution is 2.30. The zero-order chi connectivity index (χ0) is 18.0. The van der Waals surface area contributed by atoms with Gasteiger partial charge in [0.1, 0.15) is 6.04 Å². The summed E-state index contributed by atoms with van der Waals surface area (Å²) in [6.07, 6.45) is 4.58. The maximum absolute atomic E-state index is 12.9. The van der Waals surface area contributed by atoms with Gasteiger partial charge in [0.25, 0.3) is 0 Å².